The van der Waals surface area contributed by atoms with Crippen molar-refractivity contribution < 1.29 is 23.9 Å². The molecule has 0 radical (unpaired) electrons. The highest BCUT2D eigenvalue weighted by atomic mass is 79.9. The number of carbonyl (C=O) groups is 3. The molecule has 0 saturated carbocycles. The molecule has 136 valence electrons. The van der Waals surface area contributed by atoms with Crippen molar-refractivity contribution in [2.75, 3.05) is 13.2 Å². The summed E-state index contributed by atoms with van der Waals surface area (Å²) in [6.45, 7) is 1.57. The predicted octanol–water partition coefficient (Wildman–Crippen LogP) is 2.25. The van der Waals surface area contributed by atoms with Crippen LogP contribution in [0.4, 0.5) is 0 Å². The third-order valence-corrected chi connectivity index (χ3v) is 3.99. The molecular weight excluding hydrogens is 404 g/mol. The van der Waals surface area contributed by atoms with Gasteiger partial charge in [0.2, 0.25) is 0 Å². The molecule has 0 aliphatic rings. The first-order valence-electron chi connectivity index (χ1n) is 7.75. The standard InChI is InChI=1S/C18H17BrN2O5/c1-2-25-17(24)10-9-15(22)20-21-16(23)11-26-14-8-7-12-5-3-4-6-13(12)18(14)19/h3-10H,2,11H2,1H3,(H,20,22)(H,21,23)/b10-9+. The second-order valence-corrected chi connectivity index (χ2v) is 5.80. The summed E-state index contributed by atoms with van der Waals surface area (Å²) in [7, 11) is 0. The number of esters is 1. The molecule has 2 amide bonds. The van der Waals surface area contributed by atoms with Crippen LogP contribution >= 0.6 is 15.9 Å². The fraction of sp³-hybridized carbons (Fsp3) is 0.167. The Morgan fingerprint density at radius 1 is 1.08 bits per heavy atom. The molecule has 8 heteroatoms. The Morgan fingerprint density at radius 3 is 2.62 bits per heavy atom. The van der Waals surface area contributed by atoms with Gasteiger partial charge < -0.3 is 9.47 Å². The Kier molecular flexibility index (Phi) is 7.16. The monoisotopic (exact) mass is 420 g/mol. The minimum absolute atomic E-state index is 0.212. The maximum atomic E-state index is 11.8. The summed E-state index contributed by atoms with van der Waals surface area (Å²) < 4.78 is 10.8. The first-order chi connectivity index (χ1) is 12.5. The highest BCUT2D eigenvalue weighted by Gasteiger charge is 2.09. The molecule has 26 heavy (non-hydrogen) atoms. The fourth-order valence-corrected chi connectivity index (χ4v) is 2.62. The summed E-state index contributed by atoms with van der Waals surface area (Å²) in [5.74, 6) is -1.35. The van der Waals surface area contributed by atoms with Gasteiger partial charge in [-0.05, 0) is 39.7 Å². The van der Waals surface area contributed by atoms with Crippen LogP contribution in [0.3, 0.4) is 0 Å². The van der Waals surface area contributed by atoms with Crippen molar-refractivity contribution in [1.29, 1.82) is 0 Å². The van der Waals surface area contributed by atoms with E-state index < -0.39 is 17.8 Å². The van der Waals surface area contributed by atoms with Gasteiger partial charge in [-0.1, -0.05) is 30.3 Å². The van der Waals surface area contributed by atoms with E-state index in [1.807, 2.05) is 30.3 Å². The van der Waals surface area contributed by atoms with E-state index in [9.17, 15) is 14.4 Å². The topological polar surface area (TPSA) is 93.7 Å². The molecule has 0 heterocycles. The van der Waals surface area contributed by atoms with E-state index in [2.05, 4.69) is 31.5 Å². The van der Waals surface area contributed by atoms with Crippen molar-refractivity contribution in [2.45, 2.75) is 6.92 Å². The molecule has 0 aromatic heterocycles. The number of nitrogens with one attached hydrogen (secondary N) is 2. The van der Waals surface area contributed by atoms with Gasteiger partial charge in [0.15, 0.2) is 6.61 Å². The highest BCUT2D eigenvalue weighted by molar-refractivity contribution is 9.10. The molecule has 0 aliphatic heterocycles. The van der Waals surface area contributed by atoms with Crippen LogP contribution in [-0.4, -0.2) is 31.0 Å². The largest absolute Gasteiger partial charge is 0.483 e. The summed E-state index contributed by atoms with van der Waals surface area (Å²) in [5.41, 5.74) is 4.32. The lowest BCUT2D eigenvalue weighted by Gasteiger charge is -2.10. The number of halogens is 1. The zero-order chi connectivity index (χ0) is 18.9. The van der Waals surface area contributed by atoms with Gasteiger partial charge in [0.1, 0.15) is 5.75 Å². The molecule has 0 aliphatic carbocycles. The summed E-state index contributed by atoms with van der Waals surface area (Å²) in [6.07, 6.45) is 1.92. The van der Waals surface area contributed by atoms with Crippen LogP contribution in [0.2, 0.25) is 0 Å². The highest BCUT2D eigenvalue weighted by Crippen LogP contribution is 2.32. The Bertz CT molecular complexity index is 851. The third kappa shape index (κ3) is 5.59. The fourth-order valence-electron chi connectivity index (χ4n) is 2.01. The molecule has 0 atom stereocenters. The average molecular weight is 421 g/mol. The van der Waals surface area contributed by atoms with Gasteiger partial charge in [-0.15, -0.1) is 0 Å². The zero-order valence-corrected chi connectivity index (χ0v) is 15.5. The van der Waals surface area contributed by atoms with Crippen molar-refractivity contribution in [3.63, 3.8) is 0 Å². The molecular formula is C18H17BrN2O5. The van der Waals surface area contributed by atoms with Crippen LogP contribution < -0.4 is 15.6 Å². The van der Waals surface area contributed by atoms with E-state index in [0.29, 0.717) is 5.75 Å². The molecule has 0 saturated heterocycles. The number of ether oxygens (including phenoxy) is 2. The van der Waals surface area contributed by atoms with E-state index in [1.54, 1.807) is 13.0 Å². The van der Waals surface area contributed by atoms with E-state index in [4.69, 9.17) is 4.74 Å². The maximum absolute atomic E-state index is 11.8. The zero-order valence-electron chi connectivity index (χ0n) is 14.0. The van der Waals surface area contributed by atoms with Crippen LogP contribution in [-0.2, 0) is 19.1 Å². The molecule has 0 unspecified atom stereocenters. The Morgan fingerprint density at radius 2 is 1.85 bits per heavy atom. The maximum Gasteiger partial charge on any atom is 0.330 e. The lowest BCUT2D eigenvalue weighted by atomic mass is 10.1. The number of hydrogen-bond donors (Lipinski definition) is 2. The molecule has 7 nitrogen and oxygen atoms in total. The van der Waals surface area contributed by atoms with Crippen LogP contribution in [0.25, 0.3) is 10.8 Å². The minimum atomic E-state index is -0.668. The van der Waals surface area contributed by atoms with Gasteiger partial charge in [-0.25, -0.2) is 4.79 Å². The van der Waals surface area contributed by atoms with E-state index in [1.165, 1.54) is 0 Å². The molecule has 0 spiro atoms. The lowest BCUT2D eigenvalue weighted by molar-refractivity contribution is -0.137. The smallest absolute Gasteiger partial charge is 0.330 e. The van der Waals surface area contributed by atoms with Gasteiger partial charge in [0, 0.05) is 12.2 Å². The SMILES string of the molecule is CCOC(=O)/C=C/C(=O)NNC(=O)COc1ccc2ccccc2c1Br. The summed E-state index contributed by atoms with van der Waals surface area (Å²) in [6, 6.07) is 11.4. The Labute approximate surface area is 158 Å². The molecule has 0 bridgehead atoms. The van der Waals surface area contributed by atoms with Gasteiger partial charge in [0.05, 0.1) is 11.1 Å². The van der Waals surface area contributed by atoms with Crippen molar-refractivity contribution >= 4 is 44.5 Å². The molecule has 0 fully saturated rings. The van der Waals surface area contributed by atoms with E-state index in [-0.39, 0.29) is 13.2 Å². The van der Waals surface area contributed by atoms with Gasteiger partial charge in [-0.2, -0.15) is 0 Å². The summed E-state index contributed by atoms with van der Waals surface area (Å²) >= 11 is 3.46. The normalized spacial score (nSPS) is 10.5. The number of benzene rings is 2. The quantitative estimate of drug-likeness (QED) is 0.424. The Hall–Kier alpha value is -2.87. The van der Waals surface area contributed by atoms with Gasteiger partial charge in [0.25, 0.3) is 11.8 Å². The van der Waals surface area contributed by atoms with Crippen molar-refractivity contribution in [1.82, 2.24) is 10.9 Å². The van der Waals surface area contributed by atoms with Crippen LogP contribution in [0, 0.1) is 0 Å². The first-order valence-corrected chi connectivity index (χ1v) is 8.54. The van der Waals surface area contributed by atoms with Crippen molar-refractivity contribution in [3.05, 3.63) is 53.0 Å². The van der Waals surface area contributed by atoms with Crippen LogP contribution in [0.1, 0.15) is 6.92 Å². The molecule has 2 N–H and O–H groups in total. The van der Waals surface area contributed by atoms with Gasteiger partial charge in [-0.3, -0.25) is 20.4 Å². The number of carbonyl (C=O) groups excluding carboxylic acids is 3. The lowest BCUT2D eigenvalue weighted by Crippen LogP contribution is -2.43. The second kappa shape index (κ2) is 9.57. The number of fused-ring (bicyclic) bond motifs is 1. The number of rotatable bonds is 6. The molecule has 2 aromatic carbocycles. The summed E-state index contributed by atoms with van der Waals surface area (Å²) in [5, 5.41) is 2.00. The number of hydrogen-bond acceptors (Lipinski definition) is 5. The third-order valence-electron chi connectivity index (χ3n) is 3.17. The number of amides is 2. The molecule has 2 rings (SSSR count). The Balaban J connectivity index is 1.83. The van der Waals surface area contributed by atoms with Crippen LogP contribution in [0.5, 0.6) is 5.75 Å². The molecule has 2 aromatic rings. The van der Waals surface area contributed by atoms with Crippen molar-refractivity contribution in [3.8, 4) is 5.75 Å². The van der Waals surface area contributed by atoms with Crippen LogP contribution in [0.15, 0.2) is 53.0 Å². The average Bonchev–Trinajstić information content (AvgIpc) is 2.64. The number of hydrazine groups is 1. The van der Waals surface area contributed by atoms with Crippen molar-refractivity contribution in [2.24, 2.45) is 0 Å². The predicted molar refractivity (Wildman–Crippen MR) is 99.2 cm³/mol. The van der Waals surface area contributed by atoms with E-state index >= 15 is 0 Å². The van der Waals surface area contributed by atoms with Gasteiger partial charge >= 0.3 is 5.97 Å². The first kappa shape index (κ1) is 19.5. The van der Waals surface area contributed by atoms with E-state index in [0.717, 1.165) is 27.4 Å². The summed E-state index contributed by atoms with van der Waals surface area (Å²) in [4.78, 5) is 34.3. The second-order valence-electron chi connectivity index (χ2n) is 5.01. The minimum Gasteiger partial charge on any atom is -0.483 e.